The Morgan fingerprint density at radius 3 is 2.15 bits per heavy atom. The molecule has 0 fully saturated rings. The third-order valence-corrected chi connectivity index (χ3v) is 4.10. The van der Waals surface area contributed by atoms with Crippen molar-refractivity contribution in [3.63, 3.8) is 0 Å². The first-order valence-corrected chi connectivity index (χ1v) is 7.77. The molecule has 0 aliphatic heterocycles. The predicted octanol–water partition coefficient (Wildman–Crippen LogP) is 2.28. The first-order chi connectivity index (χ1) is 9.58. The van der Waals surface area contributed by atoms with Gasteiger partial charge >= 0.3 is 0 Å². The van der Waals surface area contributed by atoms with E-state index >= 15 is 0 Å². The summed E-state index contributed by atoms with van der Waals surface area (Å²) < 4.78 is 11.3. The van der Waals surface area contributed by atoms with Gasteiger partial charge in [-0.1, -0.05) is 11.6 Å². The zero-order valence-electron chi connectivity index (χ0n) is 13.1. The summed E-state index contributed by atoms with van der Waals surface area (Å²) in [7, 11) is 0. The Morgan fingerprint density at radius 2 is 1.60 bits per heavy atom. The molecule has 1 aromatic rings. The van der Waals surface area contributed by atoms with Gasteiger partial charge in [0.25, 0.3) is 0 Å². The van der Waals surface area contributed by atoms with E-state index in [2.05, 4.69) is 13.8 Å². The molecular formula is C16H27ClNO2+. The Kier molecular flexibility index (Phi) is 7.97. The third-order valence-electron chi connectivity index (χ3n) is 3.51. The van der Waals surface area contributed by atoms with Gasteiger partial charge in [-0.2, -0.15) is 0 Å². The molecule has 0 amide bonds. The molecule has 1 rings (SSSR count). The highest BCUT2D eigenvalue weighted by Gasteiger charge is 2.04. The van der Waals surface area contributed by atoms with Crippen LogP contribution in [0.3, 0.4) is 0 Å². The average Bonchev–Trinajstić information content (AvgIpc) is 2.44. The highest BCUT2D eigenvalue weighted by atomic mass is 35.5. The van der Waals surface area contributed by atoms with Gasteiger partial charge in [0.1, 0.15) is 18.9 Å². The molecule has 20 heavy (non-hydrogen) atoms. The molecule has 1 aromatic carbocycles. The molecule has 0 unspecified atom stereocenters. The van der Waals surface area contributed by atoms with Crippen LogP contribution in [-0.4, -0.2) is 39.5 Å². The van der Waals surface area contributed by atoms with E-state index in [0.717, 1.165) is 48.1 Å². The normalized spacial score (nSPS) is 11.1. The van der Waals surface area contributed by atoms with E-state index in [1.165, 1.54) is 0 Å². The summed E-state index contributed by atoms with van der Waals surface area (Å²) in [6.45, 7) is 13.7. The van der Waals surface area contributed by atoms with Gasteiger partial charge in [0, 0.05) is 5.02 Å². The van der Waals surface area contributed by atoms with Gasteiger partial charge in [-0.3, -0.25) is 0 Å². The molecule has 0 aliphatic rings. The summed E-state index contributed by atoms with van der Waals surface area (Å²) in [5.41, 5.74) is 2.10. The first kappa shape index (κ1) is 17.3. The van der Waals surface area contributed by atoms with Gasteiger partial charge in [-0.15, -0.1) is 0 Å². The van der Waals surface area contributed by atoms with E-state index in [1.807, 2.05) is 26.0 Å². The molecule has 0 atom stereocenters. The van der Waals surface area contributed by atoms with Gasteiger partial charge in [-0.05, 0) is 51.0 Å². The molecule has 1 N–H and O–H groups in total. The molecule has 114 valence electrons. The van der Waals surface area contributed by atoms with E-state index < -0.39 is 0 Å². The Balaban J connectivity index is 2.22. The number of hydrogen-bond acceptors (Lipinski definition) is 2. The lowest BCUT2D eigenvalue weighted by Crippen LogP contribution is -3.11. The van der Waals surface area contributed by atoms with Crippen molar-refractivity contribution in [3.05, 3.63) is 28.3 Å². The maximum Gasteiger partial charge on any atom is 0.120 e. The number of likely N-dealkylation sites (N-methyl/N-ethyl adjacent to an activating group) is 1. The predicted molar refractivity (Wildman–Crippen MR) is 84.2 cm³/mol. The summed E-state index contributed by atoms with van der Waals surface area (Å²) in [5.74, 6) is 0.863. The highest BCUT2D eigenvalue weighted by molar-refractivity contribution is 6.32. The number of nitrogens with one attached hydrogen (secondary N) is 1. The fourth-order valence-corrected chi connectivity index (χ4v) is 2.24. The molecule has 0 aliphatic carbocycles. The zero-order valence-corrected chi connectivity index (χ0v) is 13.8. The second-order valence-electron chi connectivity index (χ2n) is 5.04. The lowest BCUT2D eigenvalue weighted by Gasteiger charge is -2.15. The van der Waals surface area contributed by atoms with Crippen LogP contribution in [0, 0.1) is 13.8 Å². The van der Waals surface area contributed by atoms with Gasteiger partial charge in [-0.25, -0.2) is 0 Å². The van der Waals surface area contributed by atoms with Crippen molar-refractivity contribution in [2.75, 3.05) is 39.5 Å². The smallest absolute Gasteiger partial charge is 0.120 e. The molecule has 0 saturated carbocycles. The SMILES string of the molecule is CC[NH+](CC)CCOCCOc1cc(C)c(Cl)c(C)c1. The van der Waals surface area contributed by atoms with E-state index in [4.69, 9.17) is 21.1 Å². The van der Waals surface area contributed by atoms with Gasteiger partial charge in [0.2, 0.25) is 0 Å². The van der Waals surface area contributed by atoms with Crippen molar-refractivity contribution < 1.29 is 14.4 Å². The number of rotatable bonds is 9. The minimum absolute atomic E-state index is 0.577. The maximum absolute atomic E-state index is 6.13. The van der Waals surface area contributed by atoms with E-state index in [9.17, 15) is 0 Å². The molecule has 0 heterocycles. The molecule has 0 saturated heterocycles. The van der Waals surface area contributed by atoms with E-state index in [0.29, 0.717) is 13.2 Å². The fraction of sp³-hybridized carbons (Fsp3) is 0.625. The number of halogens is 1. The van der Waals surface area contributed by atoms with Gasteiger partial charge in [0.05, 0.1) is 26.3 Å². The minimum Gasteiger partial charge on any atom is -0.491 e. The van der Waals surface area contributed by atoms with Crippen molar-refractivity contribution in [2.24, 2.45) is 0 Å². The summed E-state index contributed by atoms with van der Waals surface area (Å²) in [5, 5.41) is 0.816. The van der Waals surface area contributed by atoms with Crippen LogP contribution in [0.25, 0.3) is 0 Å². The molecule has 4 heteroatoms. The second-order valence-corrected chi connectivity index (χ2v) is 5.42. The van der Waals surface area contributed by atoms with Crippen LogP contribution in [0.15, 0.2) is 12.1 Å². The highest BCUT2D eigenvalue weighted by Crippen LogP contribution is 2.25. The van der Waals surface area contributed by atoms with Crippen molar-refractivity contribution in [1.29, 1.82) is 0 Å². The number of ether oxygens (including phenoxy) is 2. The third kappa shape index (κ3) is 5.70. The molecular weight excluding hydrogens is 274 g/mol. The van der Waals surface area contributed by atoms with Crippen LogP contribution in [0.4, 0.5) is 0 Å². The topological polar surface area (TPSA) is 22.9 Å². The van der Waals surface area contributed by atoms with Gasteiger partial charge in [0.15, 0.2) is 0 Å². The largest absolute Gasteiger partial charge is 0.491 e. The Morgan fingerprint density at radius 1 is 1.00 bits per heavy atom. The van der Waals surface area contributed by atoms with Crippen molar-refractivity contribution in [2.45, 2.75) is 27.7 Å². The number of aryl methyl sites for hydroxylation is 2. The summed E-state index contributed by atoms with van der Waals surface area (Å²) in [4.78, 5) is 1.56. The molecule has 3 nitrogen and oxygen atoms in total. The molecule has 0 radical (unpaired) electrons. The first-order valence-electron chi connectivity index (χ1n) is 7.39. The number of benzene rings is 1. The maximum atomic E-state index is 6.13. The fourth-order valence-electron chi connectivity index (χ4n) is 2.13. The average molecular weight is 301 g/mol. The van der Waals surface area contributed by atoms with Crippen LogP contribution in [-0.2, 0) is 4.74 Å². The minimum atomic E-state index is 0.577. The van der Waals surface area contributed by atoms with Crippen LogP contribution in [0.5, 0.6) is 5.75 Å². The lowest BCUT2D eigenvalue weighted by atomic mass is 10.1. The lowest BCUT2D eigenvalue weighted by molar-refractivity contribution is -0.896. The van der Waals surface area contributed by atoms with Crippen molar-refractivity contribution in [1.82, 2.24) is 0 Å². The summed E-state index contributed by atoms with van der Waals surface area (Å²) in [6, 6.07) is 3.94. The van der Waals surface area contributed by atoms with Gasteiger partial charge < -0.3 is 14.4 Å². The van der Waals surface area contributed by atoms with Crippen LogP contribution in [0.2, 0.25) is 5.02 Å². The summed E-state index contributed by atoms with van der Waals surface area (Å²) in [6.07, 6.45) is 0. The van der Waals surface area contributed by atoms with E-state index in [-0.39, 0.29) is 0 Å². The summed E-state index contributed by atoms with van der Waals surface area (Å²) >= 11 is 6.13. The standard InChI is InChI=1S/C16H26ClNO2/c1-5-18(6-2)7-8-19-9-10-20-15-11-13(3)16(17)14(4)12-15/h11-12H,5-10H2,1-4H3/p+1. The molecule has 0 spiro atoms. The van der Waals surface area contributed by atoms with Crippen molar-refractivity contribution >= 4 is 11.6 Å². The van der Waals surface area contributed by atoms with Crippen molar-refractivity contribution in [3.8, 4) is 5.75 Å². The Bertz CT molecular complexity index is 382. The molecule has 0 bridgehead atoms. The Hall–Kier alpha value is -0.770. The van der Waals surface area contributed by atoms with Crippen LogP contribution in [0.1, 0.15) is 25.0 Å². The quantitative estimate of drug-likeness (QED) is 0.707. The zero-order chi connectivity index (χ0) is 15.0. The van der Waals surface area contributed by atoms with Crippen LogP contribution < -0.4 is 9.64 Å². The number of quaternary nitrogens is 1. The van der Waals surface area contributed by atoms with E-state index in [1.54, 1.807) is 4.90 Å². The second kappa shape index (κ2) is 9.22. The number of hydrogen-bond donors (Lipinski definition) is 1. The monoisotopic (exact) mass is 300 g/mol. The van der Waals surface area contributed by atoms with Crippen LogP contribution >= 0.6 is 11.6 Å². The molecule has 0 aromatic heterocycles. The Labute approximate surface area is 127 Å².